The number of rotatable bonds is 6. The molecule has 0 saturated heterocycles. The van der Waals surface area contributed by atoms with E-state index >= 15 is 0 Å². The second-order valence-electron chi connectivity index (χ2n) is 3.56. The zero-order chi connectivity index (χ0) is 12.9. The highest BCUT2D eigenvalue weighted by molar-refractivity contribution is 9.10. The van der Waals surface area contributed by atoms with Crippen molar-refractivity contribution >= 4 is 31.5 Å². The van der Waals surface area contributed by atoms with Gasteiger partial charge in [-0.3, -0.25) is 0 Å². The molecule has 0 spiro atoms. The second-order valence-corrected chi connectivity index (χ2v) is 6.49. The summed E-state index contributed by atoms with van der Waals surface area (Å²) in [6, 6.07) is 4.70. The summed E-state index contributed by atoms with van der Waals surface area (Å²) >= 11 is 3.22. The molecule has 1 aromatic rings. The fourth-order valence-corrected chi connectivity index (χ4v) is 3.86. The summed E-state index contributed by atoms with van der Waals surface area (Å²) in [6.45, 7) is 2.94. The maximum absolute atomic E-state index is 12.0. The van der Waals surface area contributed by atoms with E-state index in [2.05, 4.69) is 15.9 Å². The first-order chi connectivity index (χ1) is 7.97. The fraction of sp³-hybridized carbons (Fsp3) is 0.455. The highest BCUT2D eigenvalue weighted by Gasteiger charge is 2.17. The molecule has 1 aromatic carbocycles. The van der Waals surface area contributed by atoms with E-state index in [4.69, 9.17) is 10.5 Å². The predicted molar refractivity (Wildman–Crippen MR) is 71.7 cm³/mol. The molecular weight excluding hydrogens is 306 g/mol. The largest absolute Gasteiger partial charge is 0.399 e. The molecule has 0 aromatic heterocycles. The van der Waals surface area contributed by atoms with Crippen molar-refractivity contribution in [1.29, 1.82) is 0 Å². The van der Waals surface area contributed by atoms with Crippen molar-refractivity contribution in [2.24, 2.45) is 0 Å². The number of anilines is 1. The normalized spacial score (nSPS) is 11.6. The van der Waals surface area contributed by atoms with Gasteiger partial charge in [0.05, 0.1) is 10.6 Å². The van der Waals surface area contributed by atoms with E-state index in [0.717, 1.165) is 0 Å². The molecule has 2 N–H and O–H groups in total. The third-order valence-electron chi connectivity index (χ3n) is 2.20. The van der Waals surface area contributed by atoms with Gasteiger partial charge in [0.1, 0.15) is 0 Å². The zero-order valence-corrected chi connectivity index (χ0v) is 12.1. The Balaban J connectivity index is 2.76. The quantitative estimate of drug-likeness (QED) is 0.644. The summed E-state index contributed by atoms with van der Waals surface area (Å²) in [4.78, 5) is 0.281. The Morgan fingerprint density at radius 3 is 2.71 bits per heavy atom. The Hall–Kier alpha value is -0.590. The average molecular weight is 322 g/mol. The van der Waals surface area contributed by atoms with Crippen LogP contribution in [0.2, 0.25) is 0 Å². The van der Waals surface area contributed by atoms with Crippen LogP contribution < -0.4 is 5.73 Å². The molecule has 0 bridgehead atoms. The Morgan fingerprint density at radius 1 is 1.41 bits per heavy atom. The first-order valence-electron chi connectivity index (χ1n) is 5.33. The van der Waals surface area contributed by atoms with Crippen molar-refractivity contribution in [3.05, 3.63) is 22.7 Å². The van der Waals surface area contributed by atoms with E-state index in [0.29, 0.717) is 29.8 Å². The summed E-state index contributed by atoms with van der Waals surface area (Å²) in [5, 5.41) is 0. The van der Waals surface area contributed by atoms with Gasteiger partial charge >= 0.3 is 0 Å². The van der Waals surface area contributed by atoms with E-state index in [9.17, 15) is 8.42 Å². The number of benzene rings is 1. The van der Waals surface area contributed by atoms with Gasteiger partial charge in [0.15, 0.2) is 9.84 Å². The monoisotopic (exact) mass is 321 g/mol. The number of halogens is 1. The lowest BCUT2D eigenvalue weighted by atomic mass is 10.3. The molecule has 6 heteroatoms. The van der Waals surface area contributed by atoms with Crippen molar-refractivity contribution < 1.29 is 13.2 Å². The van der Waals surface area contributed by atoms with Gasteiger partial charge in [0.2, 0.25) is 0 Å². The van der Waals surface area contributed by atoms with Crippen LogP contribution in [0, 0.1) is 0 Å². The smallest absolute Gasteiger partial charge is 0.179 e. The first-order valence-corrected chi connectivity index (χ1v) is 7.77. The highest BCUT2D eigenvalue weighted by Crippen LogP contribution is 2.25. The number of nitrogens with two attached hydrogens (primary N) is 1. The van der Waals surface area contributed by atoms with Gasteiger partial charge in [-0.15, -0.1) is 0 Å². The molecular formula is C11H16BrNO3S. The SMILES string of the molecule is CCOCCCS(=O)(=O)c1ccc(N)cc1Br. The van der Waals surface area contributed by atoms with Gasteiger partial charge in [0.25, 0.3) is 0 Å². The summed E-state index contributed by atoms with van der Waals surface area (Å²) < 4.78 is 29.6. The molecule has 0 unspecified atom stereocenters. The van der Waals surface area contributed by atoms with Crippen molar-refractivity contribution in [3.8, 4) is 0 Å². The van der Waals surface area contributed by atoms with Crippen LogP contribution in [0.4, 0.5) is 5.69 Å². The van der Waals surface area contributed by atoms with E-state index in [1.54, 1.807) is 12.1 Å². The minimum atomic E-state index is -3.27. The maximum Gasteiger partial charge on any atom is 0.179 e. The molecule has 0 amide bonds. The molecule has 0 aliphatic carbocycles. The molecule has 0 fully saturated rings. The number of hydrogen-bond acceptors (Lipinski definition) is 4. The molecule has 0 aliphatic rings. The summed E-state index contributed by atoms with van der Waals surface area (Å²) in [6.07, 6.45) is 0.493. The number of nitrogen functional groups attached to an aromatic ring is 1. The minimum Gasteiger partial charge on any atom is -0.399 e. The Labute approximate surface area is 110 Å². The number of ether oxygens (including phenoxy) is 1. The van der Waals surface area contributed by atoms with E-state index in [1.165, 1.54) is 6.07 Å². The molecule has 1 rings (SSSR count). The van der Waals surface area contributed by atoms with Crippen LogP contribution in [0.5, 0.6) is 0 Å². The van der Waals surface area contributed by atoms with Crippen LogP contribution in [-0.4, -0.2) is 27.4 Å². The molecule has 0 heterocycles. The fourth-order valence-electron chi connectivity index (χ4n) is 1.37. The van der Waals surface area contributed by atoms with Gasteiger partial charge in [-0.1, -0.05) is 0 Å². The van der Waals surface area contributed by atoms with Gasteiger partial charge < -0.3 is 10.5 Å². The standard InChI is InChI=1S/C11H16BrNO3S/c1-2-16-6-3-7-17(14,15)11-5-4-9(13)8-10(11)12/h4-5,8H,2-3,6-7,13H2,1H3. The average Bonchev–Trinajstić information content (AvgIpc) is 2.24. The third kappa shape index (κ3) is 4.29. The van der Waals surface area contributed by atoms with E-state index < -0.39 is 9.84 Å². The van der Waals surface area contributed by atoms with Crippen LogP contribution in [0.3, 0.4) is 0 Å². The number of sulfone groups is 1. The van der Waals surface area contributed by atoms with Crippen LogP contribution in [0.25, 0.3) is 0 Å². The molecule has 17 heavy (non-hydrogen) atoms. The van der Waals surface area contributed by atoms with Gasteiger partial charge in [-0.2, -0.15) is 0 Å². The van der Waals surface area contributed by atoms with Gasteiger partial charge in [-0.25, -0.2) is 8.42 Å². The zero-order valence-electron chi connectivity index (χ0n) is 9.65. The maximum atomic E-state index is 12.0. The third-order valence-corrected chi connectivity index (χ3v) is 4.97. The minimum absolute atomic E-state index is 0.0789. The summed E-state index contributed by atoms with van der Waals surface area (Å²) in [5.41, 5.74) is 6.10. The van der Waals surface area contributed by atoms with Crippen LogP contribution in [0.1, 0.15) is 13.3 Å². The highest BCUT2D eigenvalue weighted by atomic mass is 79.9. The molecule has 0 radical (unpaired) electrons. The Morgan fingerprint density at radius 2 is 2.12 bits per heavy atom. The summed E-state index contributed by atoms with van der Waals surface area (Å²) in [7, 11) is -3.27. The molecule has 4 nitrogen and oxygen atoms in total. The van der Waals surface area contributed by atoms with Crippen molar-refractivity contribution in [2.45, 2.75) is 18.2 Å². The Bertz CT molecular complexity index is 474. The Kier molecular flexibility index (Phi) is 5.42. The molecule has 0 aliphatic heterocycles. The number of hydrogen-bond donors (Lipinski definition) is 1. The molecule has 0 saturated carbocycles. The van der Waals surface area contributed by atoms with Crippen LogP contribution in [0.15, 0.2) is 27.6 Å². The topological polar surface area (TPSA) is 69.4 Å². The lowest BCUT2D eigenvalue weighted by molar-refractivity contribution is 0.148. The first kappa shape index (κ1) is 14.5. The molecule has 0 atom stereocenters. The van der Waals surface area contributed by atoms with Crippen LogP contribution >= 0.6 is 15.9 Å². The van der Waals surface area contributed by atoms with Crippen molar-refractivity contribution in [3.63, 3.8) is 0 Å². The second kappa shape index (κ2) is 6.37. The van der Waals surface area contributed by atoms with Gasteiger partial charge in [0, 0.05) is 23.4 Å². The molecule has 96 valence electrons. The van der Waals surface area contributed by atoms with Gasteiger partial charge in [-0.05, 0) is 47.5 Å². The summed E-state index contributed by atoms with van der Waals surface area (Å²) in [5.74, 6) is 0.0789. The van der Waals surface area contributed by atoms with Crippen molar-refractivity contribution in [2.75, 3.05) is 24.7 Å². The van der Waals surface area contributed by atoms with Crippen molar-refractivity contribution in [1.82, 2.24) is 0 Å². The lowest BCUT2D eigenvalue weighted by Crippen LogP contribution is -2.10. The lowest BCUT2D eigenvalue weighted by Gasteiger charge is -2.07. The van der Waals surface area contributed by atoms with Crippen LogP contribution in [-0.2, 0) is 14.6 Å². The predicted octanol–water partition coefficient (Wildman–Crippen LogP) is 2.23. The van der Waals surface area contributed by atoms with E-state index in [-0.39, 0.29) is 10.6 Å². The van der Waals surface area contributed by atoms with E-state index in [1.807, 2.05) is 6.92 Å².